The summed E-state index contributed by atoms with van der Waals surface area (Å²) in [7, 11) is 0. The summed E-state index contributed by atoms with van der Waals surface area (Å²) in [6.45, 7) is 7.20. The van der Waals surface area contributed by atoms with Crippen LogP contribution in [0.2, 0.25) is 0 Å². The maximum atomic E-state index is 13.1. The number of amides is 5. The Bertz CT molecular complexity index is 1110. The van der Waals surface area contributed by atoms with E-state index in [9.17, 15) is 19.2 Å². The molecule has 1 aliphatic rings. The molecule has 0 spiro atoms. The molecule has 1 aromatic heterocycles. The highest BCUT2D eigenvalue weighted by Crippen LogP contribution is 2.32. The van der Waals surface area contributed by atoms with Crippen molar-refractivity contribution < 1.29 is 19.2 Å². The molecule has 2 heterocycles. The van der Waals surface area contributed by atoms with E-state index in [-0.39, 0.29) is 11.3 Å². The van der Waals surface area contributed by atoms with Crippen LogP contribution in [0.25, 0.3) is 0 Å². The zero-order chi connectivity index (χ0) is 23.6. The van der Waals surface area contributed by atoms with E-state index in [4.69, 9.17) is 5.73 Å². The number of nitrogens with one attached hydrogen (secondary N) is 2. The second-order valence-corrected chi connectivity index (χ2v) is 8.47. The number of imide groups is 1. The van der Waals surface area contributed by atoms with E-state index in [0.29, 0.717) is 27.6 Å². The number of aryl methyl sites for hydroxylation is 1. The van der Waals surface area contributed by atoms with Crippen LogP contribution >= 0.6 is 11.8 Å². The number of hydrogen-bond acceptors (Lipinski definition) is 6. The number of nitrogens with two attached hydrogens (primary N) is 1. The number of rotatable bonds is 7. The predicted molar refractivity (Wildman–Crippen MR) is 120 cm³/mol. The SMILES string of the molecule is CCC1(c2ccccc2)NC(=O)N(NC(=O)CSc2nc(C)c(C)c(C)c2C(N)=O)C1=O. The number of nitrogens with zero attached hydrogens (tertiary/aromatic N) is 2. The Hall–Kier alpha value is -3.40. The third-order valence-corrected chi connectivity index (χ3v) is 6.65. The molecular weight excluding hydrogens is 430 g/mol. The molecular formula is C22H25N5O4S. The molecule has 1 unspecified atom stereocenters. The summed E-state index contributed by atoms with van der Waals surface area (Å²) in [4.78, 5) is 54.5. The van der Waals surface area contributed by atoms with Crippen LogP contribution in [-0.2, 0) is 15.1 Å². The van der Waals surface area contributed by atoms with E-state index in [1.165, 1.54) is 0 Å². The van der Waals surface area contributed by atoms with Gasteiger partial charge in [0.1, 0.15) is 10.6 Å². The first-order valence-corrected chi connectivity index (χ1v) is 11.0. The van der Waals surface area contributed by atoms with Crippen molar-refractivity contribution in [1.82, 2.24) is 20.7 Å². The minimum atomic E-state index is -1.25. The number of hydrogen-bond donors (Lipinski definition) is 3. The highest BCUT2D eigenvalue weighted by molar-refractivity contribution is 8.00. The van der Waals surface area contributed by atoms with Gasteiger partial charge in [-0.25, -0.2) is 9.78 Å². The Kier molecular flexibility index (Phi) is 6.54. The third-order valence-electron chi connectivity index (χ3n) is 5.67. The molecule has 3 rings (SSSR count). The van der Waals surface area contributed by atoms with Crippen LogP contribution in [0, 0.1) is 20.8 Å². The van der Waals surface area contributed by atoms with E-state index in [2.05, 4.69) is 15.7 Å². The standard InChI is InChI=1S/C22H25N5O4S/c1-5-22(15-9-7-6-8-10-15)20(30)27(21(31)25-22)26-16(28)11-32-19-17(18(23)29)13(3)12(2)14(4)24-19/h6-10H,5,11H2,1-4H3,(H2,23,29)(H,25,31)(H,26,28). The van der Waals surface area contributed by atoms with Gasteiger partial charge in [-0.2, -0.15) is 5.01 Å². The number of hydrazine groups is 1. The highest BCUT2D eigenvalue weighted by Gasteiger charge is 2.52. The van der Waals surface area contributed by atoms with Crippen molar-refractivity contribution in [2.24, 2.45) is 5.73 Å². The summed E-state index contributed by atoms with van der Waals surface area (Å²) >= 11 is 1.01. The van der Waals surface area contributed by atoms with Gasteiger partial charge < -0.3 is 11.1 Å². The molecule has 1 aromatic carbocycles. The lowest BCUT2D eigenvalue weighted by Gasteiger charge is -2.25. The van der Waals surface area contributed by atoms with E-state index < -0.39 is 29.3 Å². The molecule has 32 heavy (non-hydrogen) atoms. The molecule has 0 saturated carbocycles. The second-order valence-electron chi connectivity index (χ2n) is 7.51. The molecule has 4 N–H and O–H groups in total. The van der Waals surface area contributed by atoms with E-state index in [0.717, 1.165) is 23.0 Å². The molecule has 0 radical (unpaired) electrons. The minimum Gasteiger partial charge on any atom is -0.366 e. The fourth-order valence-corrected chi connectivity index (χ4v) is 4.57. The summed E-state index contributed by atoms with van der Waals surface area (Å²) < 4.78 is 0. The second kappa shape index (κ2) is 8.99. The lowest BCUT2D eigenvalue weighted by molar-refractivity contribution is -0.138. The van der Waals surface area contributed by atoms with Gasteiger partial charge >= 0.3 is 6.03 Å². The predicted octanol–water partition coefficient (Wildman–Crippen LogP) is 2.09. The average molecular weight is 456 g/mol. The summed E-state index contributed by atoms with van der Waals surface area (Å²) in [5, 5.41) is 3.73. The minimum absolute atomic E-state index is 0.170. The van der Waals surface area contributed by atoms with Crippen LogP contribution in [0.4, 0.5) is 4.79 Å². The molecule has 0 bridgehead atoms. The van der Waals surface area contributed by atoms with Gasteiger partial charge in [-0.3, -0.25) is 19.8 Å². The number of carbonyl (C=O) groups excluding carboxylic acids is 4. The number of urea groups is 1. The lowest BCUT2D eigenvalue weighted by Crippen LogP contribution is -2.49. The van der Waals surface area contributed by atoms with Crippen molar-refractivity contribution in [3.63, 3.8) is 0 Å². The van der Waals surface area contributed by atoms with Crippen LogP contribution in [-0.4, -0.2) is 39.5 Å². The van der Waals surface area contributed by atoms with E-state index >= 15 is 0 Å². The molecule has 168 valence electrons. The number of benzene rings is 1. The largest absolute Gasteiger partial charge is 0.366 e. The van der Waals surface area contributed by atoms with Gasteiger partial charge in [-0.15, -0.1) is 0 Å². The zero-order valence-electron chi connectivity index (χ0n) is 18.3. The molecule has 0 aliphatic carbocycles. The summed E-state index contributed by atoms with van der Waals surface area (Å²) in [6, 6.07) is 8.16. The topological polar surface area (TPSA) is 134 Å². The monoisotopic (exact) mass is 455 g/mol. The fourth-order valence-electron chi connectivity index (χ4n) is 3.64. The quantitative estimate of drug-likeness (QED) is 0.432. The Morgan fingerprint density at radius 2 is 1.81 bits per heavy atom. The van der Waals surface area contributed by atoms with Gasteiger partial charge in [0.2, 0.25) is 5.91 Å². The Labute approximate surface area is 190 Å². The molecule has 1 aliphatic heterocycles. The first-order valence-electron chi connectivity index (χ1n) is 10.0. The van der Waals surface area contributed by atoms with Gasteiger partial charge in [0.05, 0.1) is 11.3 Å². The van der Waals surface area contributed by atoms with Crippen molar-refractivity contribution in [3.05, 3.63) is 58.3 Å². The number of carbonyl (C=O) groups is 4. The normalized spacial score (nSPS) is 17.9. The summed E-state index contributed by atoms with van der Waals surface area (Å²) in [5.74, 6) is -1.96. The van der Waals surface area contributed by atoms with Crippen molar-refractivity contribution in [2.45, 2.75) is 44.7 Å². The lowest BCUT2D eigenvalue weighted by atomic mass is 9.87. The Morgan fingerprint density at radius 1 is 1.16 bits per heavy atom. The first-order chi connectivity index (χ1) is 15.1. The molecule has 5 amide bonds. The van der Waals surface area contributed by atoms with Crippen LogP contribution in [0.15, 0.2) is 35.4 Å². The number of aromatic nitrogens is 1. The summed E-state index contributed by atoms with van der Waals surface area (Å²) in [5.41, 5.74) is 9.80. The van der Waals surface area contributed by atoms with Crippen molar-refractivity contribution in [1.29, 1.82) is 0 Å². The number of thioether (sulfide) groups is 1. The number of pyridine rings is 1. The summed E-state index contributed by atoms with van der Waals surface area (Å²) in [6.07, 6.45) is 0.316. The Balaban J connectivity index is 1.76. The Morgan fingerprint density at radius 3 is 2.41 bits per heavy atom. The average Bonchev–Trinajstić information content (AvgIpc) is 3.01. The maximum Gasteiger partial charge on any atom is 0.344 e. The number of primary amides is 1. The maximum absolute atomic E-state index is 13.1. The van der Waals surface area contributed by atoms with Crippen LogP contribution in [0.3, 0.4) is 0 Å². The van der Waals surface area contributed by atoms with Crippen LogP contribution < -0.4 is 16.5 Å². The van der Waals surface area contributed by atoms with Gasteiger partial charge in [0.25, 0.3) is 11.8 Å². The van der Waals surface area contributed by atoms with Gasteiger partial charge in [0, 0.05) is 5.69 Å². The van der Waals surface area contributed by atoms with Crippen LogP contribution in [0.5, 0.6) is 0 Å². The van der Waals surface area contributed by atoms with E-state index in [1.807, 2.05) is 13.0 Å². The van der Waals surface area contributed by atoms with E-state index in [1.54, 1.807) is 45.0 Å². The molecule has 1 fully saturated rings. The first kappa shape index (κ1) is 23.3. The third kappa shape index (κ3) is 4.05. The van der Waals surface area contributed by atoms with Crippen molar-refractivity contribution >= 4 is 35.5 Å². The molecule has 10 heteroatoms. The highest BCUT2D eigenvalue weighted by atomic mass is 32.2. The molecule has 1 saturated heterocycles. The smallest absolute Gasteiger partial charge is 0.344 e. The zero-order valence-corrected chi connectivity index (χ0v) is 19.1. The van der Waals surface area contributed by atoms with Gasteiger partial charge in [0.15, 0.2) is 0 Å². The molecule has 2 aromatic rings. The van der Waals surface area contributed by atoms with Gasteiger partial charge in [-0.1, -0.05) is 49.0 Å². The van der Waals surface area contributed by atoms with Crippen LogP contribution in [0.1, 0.15) is 46.1 Å². The fraction of sp³-hybridized carbons (Fsp3) is 0.318. The van der Waals surface area contributed by atoms with Crippen molar-refractivity contribution in [2.75, 3.05) is 5.75 Å². The molecule has 1 atom stereocenters. The van der Waals surface area contributed by atoms with Crippen molar-refractivity contribution in [3.8, 4) is 0 Å². The molecule has 9 nitrogen and oxygen atoms in total. The van der Waals surface area contributed by atoms with Gasteiger partial charge in [-0.05, 0) is 43.9 Å².